The van der Waals surface area contributed by atoms with Gasteiger partial charge in [0.15, 0.2) is 0 Å². The molecule has 1 unspecified atom stereocenters. The smallest absolute Gasteiger partial charge is 0.104 e. The van der Waals surface area contributed by atoms with Crippen molar-refractivity contribution in [1.29, 1.82) is 0 Å². The third-order valence-electron chi connectivity index (χ3n) is 2.25. The van der Waals surface area contributed by atoms with Crippen LogP contribution in [0.3, 0.4) is 0 Å². The van der Waals surface area contributed by atoms with E-state index in [1.807, 2.05) is 26.4 Å². The van der Waals surface area contributed by atoms with Crippen LogP contribution in [0, 0.1) is 6.92 Å². The Labute approximate surface area is 87.9 Å². The highest BCUT2D eigenvalue weighted by molar-refractivity contribution is 5.26. The Morgan fingerprint density at radius 2 is 2.20 bits per heavy atom. The van der Waals surface area contributed by atoms with Gasteiger partial charge in [-0.25, -0.2) is 0 Å². The Hall–Kier alpha value is -1.75. The number of aryl methyl sites for hydroxylation is 1. The normalized spacial score (nSPS) is 12.7. The molecule has 0 saturated carbocycles. The monoisotopic (exact) mass is 203 g/mol. The number of H-pyrrole nitrogens is 1. The summed E-state index contributed by atoms with van der Waals surface area (Å²) in [6.45, 7) is 2.02. The van der Waals surface area contributed by atoms with E-state index in [2.05, 4.69) is 31.8 Å². The van der Waals surface area contributed by atoms with Crippen LogP contribution in [0.15, 0.2) is 24.7 Å². The zero-order valence-electron chi connectivity index (χ0n) is 8.73. The van der Waals surface area contributed by atoms with Crippen molar-refractivity contribution in [2.75, 3.05) is 7.05 Å². The second kappa shape index (κ2) is 4.18. The third kappa shape index (κ3) is 2.02. The molecule has 2 aromatic rings. The van der Waals surface area contributed by atoms with Crippen LogP contribution in [0.4, 0.5) is 0 Å². The van der Waals surface area contributed by atoms with Gasteiger partial charge < -0.3 is 5.32 Å². The molecule has 2 rings (SSSR count). The van der Waals surface area contributed by atoms with Gasteiger partial charge in [-0.2, -0.15) is 15.4 Å². The number of nitrogens with one attached hydrogen (secondary N) is 2. The summed E-state index contributed by atoms with van der Waals surface area (Å²) in [7, 11) is 1.89. The average molecular weight is 203 g/mol. The molecule has 0 aliphatic heterocycles. The molecule has 2 aromatic heterocycles. The van der Waals surface area contributed by atoms with Crippen molar-refractivity contribution in [3.8, 4) is 0 Å². The quantitative estimate of drug-likeness (QED) is 0.775. The predicted molar refractivity (Wildman–Crippen MR) is 56.3 cm³/mol. The molecule has 2 N–H and O–H groups in total. The van der Waals surface area contributed by atoms with E-state index in [-0.39, 0.29) is 6.04 Å². The molecule has 5 nitrogen and oxygen atoms in total. The Balaban J connectivity index is 2.35. The van der Waals surface area contributed by atoms with Crippen LogP contribution >= 0.6 is 0 Å². The number of hydrogen-bond acceptors (Lipinski definition) is 4. The minimum Gasteiger partial charge on any atom is -0.308 e. The van der Waals surface area contributed by atoms with E-state index >= 15 is 0 Å². The molecule has 0 amide bonds. The SMILES string of the molecule is CNC(c1cncc(C)c1)c1cn[nH]n1. The van der Waals surface area contributed by atoms with Gasteiger partial charge in [0.25, 0.3) is 0 Å². The molecular weight excluding hydrogens is 190 g/mol. The van der Waals surface area contributed by atoms with E-state index in [9.17, 15) is 0 Å². The van der Waals surface area contributed by atoms with Crippen molar-refractivity contribution < 1.29 is 0 Å². The lowest BCUT2D eigenvalue weighted by Crippen LogP contribution is -2.18. The van der Waals surface area contributed by atoms with Crippen LogP contribution in [-0.4, -0.2) is 27.4 Å². The van der Waals surface area contributed by atoms with Gasteiger partial charge in [-0.1, -0.05) is 6.07 Å². The van der Waals surface area contributed by atoms with Crippen LogP contribution in [0.25, 0.3) is 0 Å². The first-order chi connectivity index (χ1) is 7.31. The molecule has 2 heterocycles. The topological polar surface area (TPSA) is 66.5 Å². The molecule has 78 valence electrons. The lowest BCUT2D eigenvalue weighted by molar-refractivity contribution is 0.664. The highest BCUT2D eigenvalue weighted by Gasteiger charge is 2.14. The number of rotatable bonds is 3. The van der Waals surface area contributed by atoms with Crippen molar-refractivity contribution in [2.45, 2.75) is 13.0 Å². The molecule has 0 spiro atoms. The molecule has 0 fully saturated rings. The number of pyridine rings is 1. The molecule has 0 bridgehead atoms. The van der Waals surface area contributed by atoms with E-state index in [4.69, 9.17) is 0 Å². The molecule has 0 radical (unpaired) electrons. The van der Waals surface area contributed by atoms with Gasteiger partial charge in [0.1, 0.15) is 5.69 Å². The molecule has 0 aliphatic rings. The minimum atomic E-state index is 0.0381. The molecule has 15 heavy (non-hydrogen) atoms. The Kier molecular flexibility index (Phi) is 2.73. The molecule has 0 saturated heterocycles. The van der Waals surface area contributed by atoms with Crippen LogP contribution in [-0.2, 0) is 0 Å². The lowest BCUT2D eigenvalue weighted by Gasteiger charge is -2.13. The first-order valence-electron chi connectivity index (χ1n) is 4.75. The van der Waals surface area contributed by atoms with Gasteiger partial charge in [-0.3, -0.25) is 4.98 Å². The zero-order valence-corrected chi connectivity index (χ0v) is 8.73. The van der Waals surface area contributed by atoms with E-state index in [1.165, 1.54) is 0 Å². The largest absolute Gasteiger partial charge is 0.308 e. The van der Waals surface area contributed by atoms with E-state index < -0.39 is 0 Å². The summed E-state index contributed by atoms with van der Waals surface area (Å²) in [5.74, 6) is 0. The fraction of sp³-hybridized carbons (Fsp3) is 0.300. The van der Waals surface area contributed by atoms with Gasteiger partial charge in [-0.15, -0.1) is 0 Å². The minimum absolute atomic E-state index is 0.0381. The van der Waals surface area contributed by atoms with E-state index in [0.717, 1.165) is 16.8 Å². The van der Waals surface area contributed by atoms with Crippen molar-refractivity contribution in [3.63, 3.8) is 0 Å². The second-order valence-electron chi connectivity index (χ2n) is 3.41. The van der Waals surface area contributed by atoms with Crippen molar-refractivity contribution >= 4 is 0 Å². The van der Waals surface area contributed by atoms with Crippen LogP contribution in [0.5, 0.6) is 0 Å². The first-order valence-corrected chi connectivity index (χ1v) is 4.75. The highest BCUT2D eigenvalue weighted by atomic mass is 15.3. The molecule has 0 aliphatic carbocycles. The number of aromatic nitrogens is 4. The van der Waals surface area contributed by atoms with Crippen molar-refractivity contribution in [3.05, 3.63) is 41.5 Å². The summed E-state index contributed by atoms with van der Waals surface area (Å²) in [6.07, 6.45) is 5.38. The predicted octanol–water partition coefficient (Wildman–Crippen LogP) is 0.817. The zero-order chi connectivity index (χ0) is 10.7. The maximum Gasteiger partial charge on any atom is 0.104 e. The van der Waals surface area contributed by atoms with E-state index in [1.54, 1.807) is 6.20 Å². The maximum atomic E-state index is 4.16. The average Bonchev–Trinajstić information content (AvgIpc) is 2.72. The van der Waals surface area contributed by atoms with Crippen LogP contribution in [0.2, 0.25) is 0 Å². The number of aromatic amines is 1. The Morgan fingerprint density at radius 1 is 1.33 bits per heavy atom. The summed E-state index contributed by atoms with van der Waals surface area (Å²) < 4.78 is 0. The first kappa shape index (κ1) is 9.79. The Bertz CT molecular complexity index is 423. The standard InChI is InChI=1S/C10H13N5/c1-7-3-8(5-12-4-7)10(11-2)9-6-13-15-14-9/h3-6,10-11H,1-2H3,(H,13,14,15). The lowest BCUT2D eigenvalue weighted by atomic mass is 10.1. The molecular formula is C10H13N5. The van der Waals surface area contributed by atoms with Gasteiger partial charge in [0, 0.05) is 12.4 Å². The van der Waals surface area contributed by atoms with Crippen molar-refractivity contribution in [1.82, 2.24) is 25.7 Å². The summed E-state index contributed by atoms with van der Waals surface area (Å²) in [6, 6.07) is 2.12. The van der Waals surface area contributed by atoms with Gasteiger partial charge in [0.2, 0.25) is 0 Å². The number of hydrogen-bond donors (Lipinski definition) is 2. The van der Waals surface area contributed by atoms with Crippen LogP contribution in [0.1, 0.15) is 22.9 Å². The molecule has 0 aromatic carbocycles. The number of nitrogens with zero attached hydrogens (tertiary/aromatic N) is 3. The third-order valence-corrected chi connectivity index (χ3v) is 2.25. The summed E-state index contributed by atoms with van der Waals surface area (Å²) >= 11 is 0. The second-order valence-corrected chi connectivity index (χ2v) is 3.41. The molecule has 5 heteroatoms. The Morgan fingerprint density at radius 3 is 2.80 bits per heavy atom. The highest BCUT2D eigenvalue weighted by Crippen LogP contribution is 2.18. The van der Waals surface area contributed by atoms with Gasteiger partial charge >= 0.3 is 0 Å². The maximum absolute atomic E-state index is 4.16. The van der Waals surface area contributed by atoms with Gasteiger partial charge in [0.05, 0.1) is 12.2 Å². The fourth-order valence-corrected chi connectivity index (χ4v) is 1.57. The van der Waals surface area contributed by atoms with Gasteiger partial charge in [-0.05, 0) is 25.1 Å². The summed E-state index contributed by atoms with van der Waals surface area (Å²) in [4.78, 5) is 4.16. The summed E-state index contributed by atoms with van der Waals surface area (Å²) in [5.41, 5.74) is 3.09. The fourth-order valence-electron chi connectivity index (χ4n) is 1.57. The van der Waals surface area contributed by atoms with Crippen molar-refractivity contribution in [2.24, 2.45) is 0 Å². The molecule has 1 atom stereocenters. The van der Waals surface area contributed by atoms with E-state index in [0.29, 0.717) is 0 Å². The summed E-state index contributed by atoms with van der Waals surface area (Å²) in [5, 5.41) is 13.7. The van der Waals surface area contributed by atoms with Crippen LogP contribution < -0.4 is 5.32 Å².